The molecule has 2 aromatic heterocycles. The summed E-state index contributed by atoms with van der Waals surface area (Å²) in [4.78, 5) is 26.1. The van der Waals surface area contributed by atoms with Crippen molar-refractivity contribution in [2.24, 2.45) is 5.92 Å². The van der Waals surface area contributed by atoms with Crippen LogP contribution in [0.1, 0.15) is 28.2 Å². The maximum Gasteiger partial charge on any atom is 0.271 e. The monoisotopic (exact) mass is 349 g/mol. The summed E-state index contributed by atoms with van der Waals surface area (Å²) < 4.78 is 0. The molecule has 1 amide bonds. The van der Waals surface area contributed by atoms with Gasteiger partial charge in [0.1, 0.15) is 5.69 Å². The van der Waals surface area contributed by atoms with E-state index < -0.39 is 0 Å². The topological polar surface area (TPSA) is 73.9 Å². The fourth-order valence-corrected chi connectivity index (χ4v) is 3.69. The molecule has 3 heterocycles. The molecular formula is C20H23N5O. The molecule has 6 nitrogen and oxygen atoms in total. The highest BCUT2D eigenvalue weighted by Crippen LogP contribution is 2.24. The molecule has 1 aliphatic rings. The van der Waals surface area contributed by atoms with Crippen LogP contribution in [0.5, 0.6) is 0 Å². The average Bonchev–Trinajstić information content (AvgIpc) is 3.26. The van der Waals surface area contributed by atoms with Crippen molar-refractivity contribution in [3.05, 3.63) is 59.8 Å². The second kappa shape index (κ2) is 7.25. The molecular weight excluding hydrogens is 326 g/mol. The van der Waals surface area contributed by atoms with Crippen LogP contribution < -0.4 is 5.32 Å². The van der Waals surface area contributed by atoms with Gasteiger partial charge >= 0.3 is 0 Å². The lowest BCUT2D eigenvalue weighted by Crippen LogP contribution is -2.31. The van der Waals surface area contributed by atoms with Gasteiger partial charge in [0.15, 0.2) is 0 Å². The van der Waals surface area contributed by atoms with E-state index >= 15 is 0 Å². The fourth-order valence-electron chi connectivity index (χ4n) is 3.69. The Hall–Kier alpha value is -2.73. The number of H-pyrrole nitrogens is 1. The van der Waals surface area contributed by atoms with E-state index in [0.717, 1.165) is 26.1 Å². The quantitative estimate of drug-likeness (QED) is 0.742. The molecule has 134 valence electrons. The van der Waals surface area contributed by atoms with Gasteiger partial charge in [0.25, 0.3) is 5.91 Å². The Morgan fingerprint density at radius 1 is 1.35 bits per heavy atom. The molecule has 0 aliphatic carbocycles. The number of hydrogen-bond acceptors (Lipinski definition) is 4. The Morgan fingerprint density at radius 2 is 2.23 bits per heavy atom. The number of benzene rings is 1. The second-order valence-corrected chi connectivity index (χ2v) is 6.96. The molecule has 0 radical (unpaired) electrons. The zero-order valence-electron chi connectivity index (χ0n) is 14.9. The fraction of sp³-hybridized carbons (Fsp3) is 0.350. The lowest BCUT2D eigenvalue weighted by Gasteiger charge is -2.16. The number of carbonyl (C=O) groups is 1. The molecule has 6 heteroatoms. The van der Waals surface area contributed by atoms with Crippen molar-refractivity contribution in [3.63, 3.8) is 0 Å². The van der Waals surface area contributed by atoms with Crippen LogP contribution in [0.2, 0.25) is 0 Å². The number of likely N-dealkylation sites (tertiary alicyclic amines) is 1. The standard InChI is InChI=1S/C20H23N5O/c1-14-16-4-2-3-5-17(16)24-19(14)13-25-9-6-15(12-25)10-23-20(26)18-11-21-7-8-22-18/h2-5,7-8,11,15,24H,6,9-10,12-13H2,1H3,(H,23,26). The summed E-state index contributed by atoms with van der Waals surface area (Å²) in [5.74, 6) is 0.323. The van der Waals surface area contributed by atoms with Crippen LogP contribution in [-0.4, -0.2) is 45.4 Å². The smallest absolute Gasteiger partial charge is 0.271 e. The first-order valence-corrected chi connectivity index (χ1v) is 9.03. The van der Waals surface area contributed by atoms with Crippen LogP contribution in [0.25, 0.3) is 10.9 Å². The number of carbonyl (C=O) groups excluding carboxylic acids is 1. The maximum absolute atomic E-state index is 12.1. The van der Waals surface area contributed by atoms with Crippen molar-refractivity contribution in [2.75, 3.05) is 19.6 Å². The molecule has 1 unspecified atom stereocenters. The van der Waals surface area contributed by atoms with Gasteiger partial charge in [-0.3, -0.25) is 14.7 Å². The molecule has 0 bridgehead atoms. The summed E-state index contributed by atoms with van der Waals surface area (Å²) in [6.07, 6.45) is 5.70. The highest BCUT2D eigenvalue weighted by molar-refractivity contribution is 5.91. The number of nitrogens with zero attached hydrogens (tertiary/aromatic N) is 3. The van der Waals surface area contributed by atoms with Crippen molar-refractivity contribution in [2.45, 2.75) is 19.9 Å². The largest absolute Gasteiger partial charge is 0.357 e. The van der Waals surface area contributed by atoms with Crippen LogP contribution in [0, 0.1) is 12.8 Å². The average molecular weight is 349 g/mol. The summed E-state index contributed by atoms with van der Waals surface area (Å²) in [5, 5.41) is 4.28. The normalized spacial score (nSPS) is 17.7. The van der Waals surface area contributed by atoms with E-state index in [0.29, 0.717) is 18.2 Å². The van der Waals surface area contributed by atoms with Crippen LogP contribution in [0.4, 0.5) is 0 Å². The van der Waals surface area contributed by atoms with Crippen LogP contribution in [0.3, 0.4) is 0 Å². The molecule has 0 saturated carbocycles. The number of hydrogen-bond donors (Lipinski definition) is 2. The molecule has 0 spiro atoms. The Kier molecular flexibility index (Phi) is 4.67. The molecule has 2 N–H and O–H groups in total. The number of nitrogens with one attached hydrogen (secondary N) is 2. The predicted molar refractivity (Wildman–Crippen MR) is 101 cm³/mol. The highest BCUT2D eigenvalue weighted by atomic mass is 16.1. The van der Waals surface area contributed by atoms with Crippen molar-refractivity contribution in [1.29, 1.82) is 0 Å². The lowest BCUT2D eigenvalue weighted by atomic mass is 10.1. The number of fused-ring (bicyclic) bond motifs is 1. The highest BCUT2D eigenvalue weighted by Gasteiger charge is 2.24. The Balaban J connectivity index is 1.32. The van der Waals surface area contributed by atoms with E-state index in [9.17, 15) is 4.79 Å². The minimum Gasteiger partial charge on any atom is -0.357 e. The minimum atomic E-state index is -0.150. The zero-order chi connectivity index (χ0) is 17.9. The summed E-state index contributed by atoms with van der Waals surface area (Å²) in [6, 6.07) is 8.44. The first kappa shape index (κ1) is 16.7. The van der Waals surface area contributed by atoms with Crippen molar-refractivity contribution in [1.82, 2.24) is 25.2 Å². The molecule has 1 aromatic carbocycles. The number of rotatable bonds is 5. The molecule has 1 atom stereocenters. The third-order valence-electron chi connectivity index (χ3n) is 5.17. The summed E-state index contributed by atoms with van der Waals surface area (Å²) in [7, 11) is 0. The number of aromatic nitrogens is 3. The van der Waals surface area contributed by atoms with Gasteiger partial charge in [-0.1, -0.05) is 18.2 Å². The van der Waals surface area contributed by atoms with E-state index in [4.69, 9.17) is 0 Å². The Morgan fingerprint density at radius 3 is 3.04 bits per heavy atom. The molecule has 3 aromatic rings. The molecule has 1 aliphatic heterocycles. The van der Waals surface area contributed by atoms with Crippen LogP contribution >= 0.6 is 0 Å². The van der Waals surface area contributed by atoms with E-state index in [-0.39, 0.29) is 5.91 Å². The van der Waals surface area contributed by atoms with Gasteiger partial charge in [-0.15, -0.1) is 0 Å². The Labute approximate surface area is 152 Å². The SMILES string of the molecule is Cc1c(CN2CCC(CNC(=O)c3cnccn3)C2)[nH]c2ccccc12. The van der Waals surface area contributed by atoms with E-state index in [1.165, 1.54) is 34.6 Å². The van der Waals surface area contributed by atoms with E-state index in [1.54, 1.807) is 6.20 Å². The van der Waals surface area contributed by atoms with Gasteiger partial charge in [0, 0.05) is 48.6 Å². The Bertz CT molecular complexity index is 905. The van der Waals surface area contributed by atoms with Gasteiger partial charge in [-0.05, 0) is 37.4 Å². The van der Waals surface area contributed by atoms with Gasteiger partial charge in [0.05, 0.1) is 6.20 Å². The number of para-hydroxylation sites is 1. The number of amides is 1. The summed E-state index contributed by atoms with van der Waals surface area (Å²) >= 11 is 0. The summed E-state index contributed by atoms with van der Waals surface area (Å²) in [6.45, 7) is 5.84. The van der Waals surface area contributed by atoms with Crippen molar-refractivity contribution >= 4 is 16.8 Å². The molecule has 4 rings (SSSR count). The first-order chi connectivity index (χ1) is 12.7. The van der Waals surface area contributed by atoms with E-state index in [1.807, 2.05) is 0 Å². The van der Waals surface area contributed by atoms with E-state index in [2.05, 4.69) is 56.4 Å². The number of aromatic amines is 1. The first-order valence-electron chi connectivity index (χ1n) is 9.03. The van der Waals surface area contributed by atoms with Gasteiger partial charge in [-0.25, -0.2) is 4.98 Å². The lowest BCUT2D eigenvalue weighted by molar-refractivity contribution is 0.0942. The summed E-state index contributed by atoms with van der Waals surface area (Å²) in [5.41, 5.74) is 4.19. The van der Waals surface area contributed by atoms with Crippen molar-refractivity contribution in [3.8, 4) is 0 Å². The number of aryl methyl sites for hydroxylation is 1. The zero-order valence-corrected chi connectivity index (χ0v) is 14.9. The van der Waals surface area contributed by atoms with Gasteiger partial charge in [-0.2, -0.15) is 0 Å². The molecule has 1 fully saturated rings. The van der Waals surface area contributed by atoms with Crippen LogP contribution in [-0.2, 0) is 6.54 Å². The predicted octanol–water partition coefficient (Wildman–Crippen LogP) is 2.52. The maximum atomic E-state index is 12.1. The third kappa shape index (κ3) is 3.46. The molecule has 1 saturated heterocycles. The van der Waals surface area contributed by atoms with Crippen molar-refractivity contribution < 1.29 is 4.79 Å². The third-order valence-corrected chi connectivity index (χ3v) is 5.17. The van der Waals surface area contributed by atoms with Gasteiger partial charge < -0.3 is 10.3 Å². The van der Waals surface area contributed by atoms with Crippen LogP contribution in [0.15, 0.2) is 42.9 Å². The minimum absolute atomic E-state index is 0.150. The molecule has 26 heavy (non-hydrogen) atoms. The second-order valence-electron chi connectivity index (χ2n) is 6.96. The van der Waals surface area contributed by atoms with Gasteiger partial charge in [0.2, 0.25) is 0 Å².